The van der Waals surface area contributed by atoms with Crippen molar-refractivity contribution in [3.63, 3.8) is 0 Å². The van der Waals surface area contributed by atoms with Gasteiger partial charge in [-0.2, -0.15) is 0 Å². The Morgan fingerprint density at radius 1 is 1.33 bits per heavy atom. The van der Waals surface area contributed by atoms with Gasteiger partial charge in [0.25, 0.3) is 0 Å². The van der Waals surface area contributed by atoms with Gasteiger partial charge in [0.05, 0.1) is 12.3 Å². The van der Waals surface area contributed by atoms with Crippen LogP contribution in [0.3, 0.4) is 0 Å². The maximum absolute atomic E-state index is 5.26. The van der Waals surface area contributed by atoms with Gasteiger partial charge < -0.3 is 15.0 Å². The highest BCUT2D eigenvalue weighted by Crippen LogP contribution is 2.29. The first-order chi connectivity index (χ1) is 10.2. The van der Waals surface area contributed by atoms with Gasteiger partial charge in [0.2, 0.25) is 0 Å². The highest BCUT2D eigenvalue weighted by molar-refractivity contribution is 7.15. The zero-order valence-electron chi connectivity index (χ0n) is 14.2. The van der Waals surface area contributed by atoms with Gasteiger partial charge in [-0.1, -0.05) is 27.2 Å². The molecule has 4 nitrogen and oxygen atoms in total. The normalized spacial score (nSPS) is 12.6. The van der Waals surface area contributed by atoms with Crippen LogP contribution in [0, 0.1) is 0 Å². The van der Waals surface area contributed by atoms with Crippen LogP contribution < -0.4 is 10.2 Å². The van der Waals surface area contributed by atoms with Crippen LogP contribution in [0.15, 0.2) is 0 Å². The SMILES string of the molecule is CCCc1nc(N(CCOC)C(C)CC)sc1CNCC. The van der Waals surface area contributed by atoms with Gasteiger partial charge in [-0.15, -0.1) is 11.3 Å². The van der Waals surface area contributed by atoms with Gasteiger partial charge in [-0.3, -0.25) is 0 Å². The molecule has 1 rings (SSSR count). The number of hydrogen-bond donors (Lipinski definition) is 1. The molecule has 0 radical (unpaired) electrons. The Morgan fingerprint density at radius 2 is 2.10 bits per heavy atom. The van der Waals surface area contributed by atoms with Crippen molar-refractivity contribution in [3.8, 4) is 0 Å². The first-order valence-corrected chi connectivity index (χ1v) is 8.94. The molecule has 0 spiro atoms. The number of nitrogens with one attached hydrogen (secondary N) is 1. The number of hydrogen-bond acceptors (Lipinski definition) is 5. The predicted molar refractivity (Wildman–Crippen MR) is 92.5 cm³/mol. The first-order valence-electron chi connectivity index (χ1n) is 8.12. The first kappa shape index (κ1) is 18.4. The Labute approximate surface area is 133 Å². The molecule has 1 atom stereocenters. The molecule has 122 valence electrons. The van der Waals surface area contributed by atoms with Crippen LogP contribution in [0.4, 0.5) is 5.13 Å². The second-order valence-corrected chi connectivity index (χ2v) is 6.40. The van der Waals surface area contributed by atoms with E-state index in [2.05, 4.69) is 37.9 Å². The zero-order valence-corrected chi connectivity index (χ0v) is 15.1. The average molecular weight is 314 g/mol. The van der Waals surface area contributed by atoms with Crippen LogP contribution in [0.2, 0.25) is 0 Å². The predicted octanol–water partition coefficient (Wildman–Crippen LogP) is 3.46. The van der Waals surface area contributed by atoms with Crippen molar-refractivity contribution >= 4 is 16.5 Å². The number of nitrogens with zero attached hydrogens (tertiary/aromatic N) is 2. The summed E-state index contributed by atoms with van der Waals surface area (Å²) >= 11 is 1.84. The van der Waals surface area contributed by atoms with Crippen molar-refractivity contribution in [2.24, 2.45) is 0 Å². The molecule has 21 heavy (non-hydrogen) atoms. The molecule has 1 aromatic rings. The van der Waals surface area contributed by atoms with E-state index in [9.17, 15) is 0 Å². The Hall–Kier alpha value is -0.650. The van der Waals surface area contributed by atoms with E-state index in [1.165, 1.54) is 10.6 Å². The number of ether oxygens (including phenoxy) is 1. The van der Waals surface area contributed by atoms with E-state index in [0.717, 1.165) is 50.6 Å². The fourth-order valence-electron chi connectivity index (χ4n) is 2.22. The molecule has 0 aliphatic carbocycles. The lowest BCUT2D eigenvalue weighted by atomic mass is 10.2. The smallest absolute Gasteiger partial charge is 0.186 e. The van der Waals surface area contributed by atoms with Crippen LogP contribution in [0.1, 0.15) is 51.1 Å². The number of aromatic nitrogens is 1. The summed E-state index contributed by atoms with van der Waals surface area (Å²) in [6, 6.07) is 0.493. The van der Waals surface area contributed by atoms with E-state index in [0.29, 0.717) is 6.04 Å². The number of anilines is 1. The van der Waals surface area contributed by atoms with Crippen molar-refractivity contribution in [2.45, 2.75) is 59.5 Å². The summed E-state index contributed by atoms with van der Waals surface area (Å²) in [7, 11) is 1.76. The van der Waals surface area contributed by atoms with E-state index < -0.39 is 0 Å². The summed E-state index contributed by atoms with van der Waals surface area (Å²) in [5.41, 5.74) is 1.27. The molecule has 1 unspecified atom stereocenters. The van der Waals surface area contributed by atoms with Crippen molar-refractivity contribution in [1.82, 2.24) is 10.3 Å². The molecule has 0 bridgehead atoms. The van der Waals surface area contributed by atoms with Gasteiger partial charge in [-0.05, 0) is 26.3 Å². The Morgan fingerprint density at radius 3 is 2.67 bits per heavy atom. The minimum atomic E-state index is 0.493. The lowest BCUT2D eigenvalue weighted by Crippen LogP contribution is -2.35. The van der Waals surface area contributed by atoms with Crippen molar-refractivity contribution < 1.29 is 4.74 Å². The molecule has 0 amide bonds. The molecule has 0 saturated carbocycles. The molecule has 0 aliphatic rings. The van der Waals surface area contributed by atoms with Crippen LogP contribution in [0.25, 0.3) is 0 Å². The highest BCUT2D eigenvalue weighted by atomic mass is 32.1. The lowest BCUT2D eigenvalue weighted by Gasteiger charge is -2.27. The molecule has 0 saturated heterocycles. The maximum Gasteiger partial charge on any atom is 0.186 e. The molecule has 1 N–H and O–H groups in total. The van der Waals surface area contributed by atoms with Gasteiger partial charge in [0.15, 0.2) is 5.13 Å². The third-order valence-corrected chi connectivity index (χ3v) is 4.83. The Balaban J connectivity index is 2.95. The highest BCUT2D eigenvalue weighted by Gasteiger charge is 2.19. The molecule has 5 heteroatoms. The van der Waals surface area contributed by atoms with E-state index in [4.69, 9.17) is 9.72 Å². The minimum Gasteiger partial charge on any atom is -0.383 e. The lowest BCUT2D eigenvalue weighted by molar-refractivity contribution is 0.203. The second kappa shape index (κ2) is 10.1. The molecule has 1 heterocycles. The quantitative estimate of drug-likeness (QED) is 0.679. The summed E-state index contributed by atoms with van der Waals surface area (Å²) in [4.78, 5) is 8.70. The summed E-state index contributed by atoms with van der Waals surface area (Å²) < 4.78 is 5.26. The van der Waals surface area contributed by atoms with E-state index >= 15 is 0 Å². The molecular weight excluding hydrogens is 282 g/mol. The summed E-state index contributed by atoms with van der Waals surface area (Å²) in [5, 5.41) is 4.58. The monoisotopic (exact) mass is 313 g/mol. The van der Waals surface area contributed by atoms with Gasteiger partial charge in [-0.25, -0.2) is 4.98 Å². The fourth-order valence-corrected chi connectivity index (χ4v) is 3.42. The number of rotatable bonds is 11. The van der Waals surface area contributed by atoms with E-state index in [1.54, 1.807) is 7.11 Å². The largest absolute Gasteiger partial charge is 0.383 e. The van der Waals surface area contributed by atoms with E-state index in [1.807, 2.05) is 11.3 Å². The average Bonchev–Trinajstić information content (AvgIpc) is 2.88. The number of methoxy groups -OCH3 is 1. The number of thiazole rings is 1. The van der Waals surface area contributed by atoms with Crippen molar-refractivity contribution in [2.75, 3.05) is 31.7 Å². The van der Waals surface area contributed by atoms with Crippen LogP contribution in [0.5, 0.6) is 0 Å². The van der Waals surface area contributed by atoms with Gasteiger partial charge in [0.1, 0.15) is 0 Å². The van der Waals surface area contributed by atoms with Crippen molar-refractivity contribution in [3.05, 3.63) is 10.6 Å². The fraction of sp³-hybridized carbons (Fsp3) is 0.812. The van der Waals surface area contributed by atoms with Crippen LogP contribution in [-0.2, 0) is 17.7 Å². The van der Waals surface area contributed by atoms with Crippen LogP contribution in [-0.4, -0.2) is 37.8 Å². The summed E-state index contributed by atoms with van der Waals surface area (Å²) in [5.74, 6) is 0. The molecule has 0 aromatic carbocycles. The van der Waals surface area contributed by atoms with Crippen LogP contribution >= 0.6 is 11.3 Å². The standard InChI is InChI=1S/C16H31N3OS/c1-6-9-14-15(12-17-8-3)21-16(18-14)19(10-11-20-5)13(4)7-2/h13,17H,6-12H2,1-5H3. The zero-order chi connectivity index (χ0) is 15.7. The minimum absolute atomic E-state index is 0.493. The molecular formula is C16H31N3OS. The van der Waals surface area contributed by atoms with E-state index in [-0.39, 0.29) is 0 Å². The van der Waals surface area contributed by atoms with Gasteiger partial charge in [0, 0.05) is 31.1 Å². The second-order valence-electron chi connectivity index (χ2n) is 5.34. The molecule has 0 aliphatic heterocycles. The van der Waals surface area contributed by atoms with Crippen molar-refractivity contribution in [1.29, 1.82) is 0 Å². The maximum atomic E-state index is 5.26. The van der Waals surface area contributed by atoms with Gasteiger partial charge >= 0.3 is 0 Å². The molecule has 0 fully saturated rings. The Kier molecular flexibility index (Phi) is 8.88. The summed E-state index contributed by atoms with van der Waals surface area (Å²) in [6.07, 6.45) is 3.33. The third kappa shape index (κ3) is 5.57. The topological polar surface area (TPSA) is 37.4 Å². The Bertz CT molecular complexity index is 395. The molecule has 1 aromatic heterocycles. The summed E-state index contributed by atoms with van der Waals surface area (Å²) in [6.45, 7) is 12.4. The number of aryl methyl sites for hydroxylation is 1. The third-order valence-electron chi connectivity index (χ3n) is 3.69.